The van der Waals surface area contributed by atoms with Crippen LogP contribution in [0.5, 0.6) is 0 Å². The minimum Gasteiger partial charge on any atom is -0.345 e. The first kappa shape index (κ1) is 20.7. The highest BCUT2D eigenvalue weighted by atomic mass is 35.5. The number of carbonyl (C=O) groups excluding carboxylic acids is 2. The van der Waals surface area contributed by atoms with Gasteiger partial charge in [-0.25, -0.2) is 0 Å². The molecule has 2 rings (SSSR count). The molecule has 2 amide bonds. The van der Waals surface area contributed by atoms with Crippen LogP contribution in [0.2, 0.25) is 5.02 Å². The van der Waals surface area contributed by atoms with E-state index in [0.717, 1.165) is 23.8 Å². The fraction of sp³-hybridized carbons (Fsp3) is 0.278. The van der Waals surface area contributed by atoms with Crippen molar-refractivity contribution in [3.05, 3.63) is 58.9 Å². The average molecular weight is 400 g/mol. The maximum Gasteiger partial charge on any atom is 0.416 e. The lowest BCUT2D eigenvalue weighted by molar-refractivity contribution is -0.138. The number of pyridine rings is 1. The first-order chi connectivity index (χ1) is 12.7. The highest BCUT2D eigenvalue weighted by Crippen LogP contribution is 2.33. The molecule has 1 aromatic carbocycles. The third-order valence-corrected chi connectivity index (χ3v) is 4.12. The highest BCUT2D eigenvalue weighted by Gasteiger charge is 2.31. The zero-order valence-electron chi connectivity index (χ0n) is 14.4. The molecule has 1 heterocycles. The number of hydrogen-bond donors (Lipinski definition) is 1. The van der Waals surface area contributed by atoms with Crippen LogP contribution in [0, 0.1) is 0 Å². The van der Waals surface area contributed by atoms with E-state index < -0.39 is 30.0 Å². The number of hydrogen-bond acceptors (Lipinski definition) is 3. The van der Waals surface area contributed by atoms with Crippen molar-refractivity contribution < 1.29 is 22.8 Å². The molecule has 0 radical (unpaired) electrons. The van der Waals surface area contributed by atoms with Gasteiger partial charge in [-0.1, -0.05) is 11.6 Å². The van der Waals surface area contributed by atoms with Gasteiger partial charge in [-0.2, -0.15) is 13.2 Å². The number of rotatable bonds is 6. The summed E-state index contributed by atoms with van der Waals surface area (Å²) in [6.07, 6.45) is -1.19. The van der Waals surface area contributed by atoms with Crippen molar-refractivity contribution >= 4 is 29.1 Å². The van der Waals surface area contributed by atoms with Crippen LogP contribution in [0.15, 0.2) is 42.7 Å². The second kappa shape index (κ2) is 8.85. The molecular formula is C18H17ClF3N3O2. The number of benzene rings is 1. The summed E-state index contributed by atoms with van der Waals surface area (Å²) in [6.45, 7) is 0.389. The van der Waals surface area contributed by atoms with Gasteiger partial charge in [0.05, 0.1) is 16.3 Å². The van der Waals surface area contributed by atoms with E-state index in [1.54, 1.807) is 19.4 Å². The lowest BCUT2D eigenvalue weighted by Gasteiger charge is -2.17. The van der Waals surface area contributed by atoms with Gasteiger partial charge in [0.1, 0.15) is 6.42 Å². The van der Waals surface area contributed by atoms with Crippen LogP contribution in [-0.2, 0) is 22.2 Å². The summed E-state index contributed by atoms with van der Waals surface area (Å²) < 4.78 is 38.3. The Labute approximate surface area is 159 Å². The van der Waals surface area contributed by atoms with Gasteiger partial charge in [-0.3, -0.25) is 14.6 Å². The SMILES string of the molecule is CN(CCc1ccncc1)C(=O)CC(=O)Nc1cc(C(F)(F)F)ccc1Cl. The van der Waals surface area contributed by atoms with Gasteiger partial charge in [-0.15, -0.1) is 0 Å². The molecule has 0 unspecified atom stereocenters. The van der Waals surface area contributed by atoms with Crippen molar-refractivity contribution in [3.63, 3.8) is 0 Å². The van der Waals surface area contributed by atoms with Crippen LogP contribution in [0.1, 0.15) is 17.5 Å². The smallest absolute Gasteiger partial charge is 0.345 e. The molecule has 144 valence electrons. The lowest BCUT2D eigenvalue weighted by Crippen LogP contribution is -2.32. The summed E-state index contributed by atoms with van der Waals surface area (Å²) in [4.78, 5) is 29.4. The molecule has 0 aliphatic heterocycles. The summed E-state index contributed by atoms with van der Waals surface area (Å²) in [7, 11) is 1.55. The normalized spacial score (nSPS) is 11.1. The largest absolute Gasteiger partial charge is 0.416 e. The number of nitrogens with zero attached hydrogens (tertiary/aromatic N) is 2. The average Bonchev–Trinajstić information content (AvgIpc) is 2.61. The molecule has 0 atom stereocenters. The Hall–Kier alpha value is -2.61. The molecular weight excluding hydrogens is 383 g/mol. The number of amides is 2. The number of carbonyl (C=O) groups is 2. The topological polar surface area (TPSA) is 62.3 Å². The Bertz CT molecular complexity index is 813. The summed E-state index contributed by atoms with van der Waals surface area (Å²) in [6, 6.07) is 6.23. The van der Waals surface area contributed by atoms with Gasteiger partial charge < -0.3 is 10.2 Å². The third-order valence-electron chi connectivity index (χ3n) is 3.79. The lowest BCUT2D eigenvalue weighted by atomic mass is 10.2. The number of aromatic nitrogens is 1. The first-order valence-corrected chi connectivity index (χ1v) is 8.34. The minimum atomic E-state index is -4.56. The van der Waals surface area contributed by atoms with E-state index >= 15 is 0 Å². The van der Waals surface area contributed by atoms with Gasteiger partial charge >= 0.3 is 6.18 Å². The number of nitrogens with one attached hydrogen (secondary N) is 1. The Balaban J connectivity index is 1.92. The van der Waals surface area contributed by atoms with Gasteiger partial charge in [0.25, 0.3) is 0 Å². The van der Waals surface area contributed by atoms with Crippen molar-refractivity contribution in [2.24, 2.45) is 0 Å². The summed E-state index contributed by atoms with van der Waals surface area (Å²) in [5.41, 5.74) is -0.142. The van der Waals surface area contributed by atoms with E-state index in [2.05, 4.69) is 10.3 Å². The summed E-state index contributed by atoms with van der Waals surface area (Å²) in [5, 5.41) is 2.21. The molecule has 1 aromatic heterocycles. The van der Waals surface area contributed by atoms with Crippen LogP contribution < -0.4 is 5.32 Å². The first-order valence-electron chi connectivity index (χ1n) is 7.96. The Morgan fingerprint density at radius 2 is 1.85 bits per heavy atom. The molecule has 0 spiro atoms. The Morgan fingerprint density at radius 3 is 2.48 bits per heavy atom. The maximum atomic E-state index is 12.8. The number of halogens is 4. The maximum absolute atomic E-state index is 12.8. The number of likely N-dealkylation sites (N-methyl/N-ethyl adjacent to an activating group) is 1. The predicted molar refractivity (Wildman–Crippen MR) is 95.3 cm³/mol. The molecule has 0 fully saturated rings. The van der Waals surface area contributed by atoms with Crippen molar-refractivity contribution in [1.29, 1.82) is 0 Å². The zero-order chi connectivity index (χ0) is 20.0. The second-order valence-corrected chi connectivity index (χ2v) is 6.25. The van der Waals surface area contributed by atoms with Crippen molar-refractivity contribution in [2.75, 3.05) is 18.9 Å². The van der Waals surface area contributed by atoms with Crippen LogP contribution >= 0.6 is 11.6 Å². The second-order valence-electron chi connectivity index (χ2n) is 5.84. The zero-order valence-corrected chi connectivity index (χ0v) is 15.1. The van der Waals surface area contributed by atoms with E-state index in [0.29, 0.717) is 13.0 Å². The fourth-order valence-electron chi connectivity index (χ4n) is 2.24. The van der Waals surface area contributed by atoms with Gasteiger partial charge in [-0.05, 0) is 42.3 Å². The molecule has 1 N–H and O–H groups in total. The van der Waals surface area contributed by atoms with Gasteiger partial charge in [0.2, 0.25) is 11.8 Å². The van der Waals surface area contributed by atoms with Crippen LogP contribution in [0.4, 0.5) is 18.9 Å². The molecule has 5 nitrogen and oxygen atoms in total. The standard InChI is InChI=1S/C18H17ClF3N3O2/c1-25(9-6-12-4-7-23-8-5-12)17(27)11-16(26)24-15-10-13(18(20,21)22)2-3-14(15)19/h2-5,7-8,10H,6,9,11H2,1H3,(H,24,26). The molecule has 0 aliphatic rings. The van der Waals surface area contributed by atoms with Crippen molar-refractivity contribution in [2.45, 2.75) is 19.0 Å². The molecule has 0 saturated heterocycles. The van der Waals surface area contributed by atoms with E-state index in [-0.39, 0.29) is 10.7 Å². The predicted octanol–water partition coefficient (Wildman–Crippen LogP) is 3.78. The van der Waals surface area contributed by atoms with Crippen LogP contribution in [0.3, 0.4) is 0 Å². The molecule has 27 heavy (non-hydrogen) atoms. The van der Waals surface area contributed by atoms with Gasteiger partial charge in [0.15, 0.2) is 0 Å². The van der Waals surface area contributed by atoms with E-state index in [4.69, 9.17) is 11.6 Å². The van der Waals surface area contributed by atoms with E-state index in [9.17, 15) is 22.8 Å². The Morgan fingerprint density at radius 1 is 1.19 bits per heavy atom. The third kappa shape index (κ3) is 6.25. The Kier molecular flexibility index (Phi) is 6.79. The molecule has 0 saturated carbocycles. The molecule has 0 bridgehead atoms. The summed E-state index contributed by atoms with van der Waals surface area (Å²) in [5.74, 6) is -1.19. The molecule has 0 aliphatic carbocycles. The summed E-state index contributed by atoms with van der Waals surface area (Å²) >= 11 is 5.82. The quantitative estimate of drug-likeness (QED) is 0.752. The van der Waals surface area contributed by atoms with Crippen LogP contribution in [0.25, 0.3) is 0 Å². The monoisotopic (exact) mass is 399 g/mol. The molecule has 2 aromatic rings. The fourth-order valence-corrected chi connectivity index (χ4v) is 2.40. The van der Waals surface area contributed by atoms with E-state index in [1.807, 2.05) is 12.1 Å². The van der Waals surface area contributed by atoms with Crippen molar-refractivity contribution in [3.8, 4) is 0 Å². The highest BCUT2D eigenvalue weighted by molar-refractivity contribution is 6.33. The molecule has 9 heteroatoms. The van der Waals surface area contributed by atoms with Gasteiger partial charge in [0, 0.05) is 26.0 Å². The van der Waals surface area contributed by atoms with E-state index in [1.165, 1.54) is 4.90 Å². The number of alkyl halides is 3. The number of anilines is 1. The van der Waals surface area contributed by atoms with Crippen LogP contribution in [-0.4, -0.2) is 35.3 Å². The van der Waals surface area contributed by atoms with Crippen molar-refractivity contribution in [1.82, 2.24) is 9.88 Å². The minimum absolute atomic E-state index is 0.0464.